The lowest BCUT2D eigenvalue weighted by atomic mass is 9.81. The zero-order valence-electron chi connectivity index (χ0n) is 47.6. The molecule has 0 radical (unpaired) electrons. The number of furan rings is 2. The highest BCUT2D eigenvalue weighted by molar-refractivity contribution is 6.10. The number of hydrogen-bond donors (Lipinski definition) is 0. The summed E-state index contributed by atoms with van der Waals surface area (Å²) in [7, 11) is 0. The molecule has 1 aliphatic carbocycles. The molecule has 2 atom stereocenters. The molecule has 13 heteroatoms. The monoisotopic (exact) mass is 1130 g/mol. The van der Waals surface area contributed by atoms with Gasteiger partial charge in [0.25, 0.3) is 0 Å². The van der Waals surface area contributed by atoms with Crippen molar-refractivity contribution in [3.05, 3.63) is 266 Å². The molecule has 0 saturated carbocycles. The molecule has 87 heavy (non-hydrogen) atoms. The second-order valence-electron chi connectivity index (χ2n) is 21.6. The van der Waals surface area contributed by atoms with Crippen LogP contribution in [-0.2, 0) is 11.2 Å². The second-order valence-corrected chi connectivity index (χ2v) is 21.6. The fraction of sp³-hybridized carbons (Fsp3) is 0.108. The Kier molecular flexibility index (Phi) is 13.8. The first-order chi connectivity index (χ1) is 43.0. The van der Waals surface area contributed by atoms with E-state index >= 15 is 0 Å². The van der Waals surface area contributed by atoms with Crippen molar-refractivity contribution in [2.45, 2.75) is 51.4 Å². The van der Waals surface area contributed by atoms with Gasteiger partial charge in [0.2, 0.25) is 0 Å². The number of pyridine rings is 5. The number of benzene rings is 3. The molecule has 11 heterocycles. The van der Waals surface area contributed by atoms with Gasteiger partial charge in [-0.05, 0) is 111 Å². The van der Waals surface area contributed by atoms with Crippen LogP contribution in [0.2, 0.25) is 0 Å². The number of fused-ring (bicyclic) bond motifs is 6. The fourth-order valence-electron chi connectivity index (χ4n) is 12.2. The summed E-state index contributed by atoms with van der Waals surface area (Å²) in [6, 6.07) is 45.0. The van der Waals surface area contributed by atoms with Crippen LogP contribution in [0.15, 0.2) is 245 Å². The number of hydrogen-bond acceptors (Lipinski definition) is 13. The van der Waals surface area contributed by atoms with E-state index in [4.69, 9.17) is 43.5 Å². The normalized spacial score (nSPS) is 15.5. The maximum atomic E-state index is 7.22. The molecule has 0 bridgehead atoms. The minimum absolute atomic E-state index is 0.201. The van der Waals surface area contributed by atoms with Crippen LogP contribution >= 0.6 is 0 Å². The van der Waals surface area contributed by atoms with E-state index in [9.17, 15) is 0 Å². The van der Waals surface area contributed by atoms with Crippen molar-refractivity contribution < 1.29 is 13.6 Å². The molecule has 0 spiro atoms. The topological polar surface area (TPSA) is 164 Å². The van der Waals surface area contributed by atoms with Crippen molar-refractivity contribution >= 4 is 45.0 Å². The number of ether oxygens (including phenoxy) is 1. The lowest BCUT2D eigenvalue weighted by molar-refractivity contribution is 0.390. The largest absolute Gasteiger partial charge is 0.473 e. The van der Waals surface area contributed by atoms with Crippen LogP contribution < -0.4 is 0 Å². The highest BCUT2D eigenvalue weighted by atomic mass is 16.5. The summed E-state index contributed by atoms with van der Waals surface area (Å²) in [6.07, 6.45) is 33.1. The third-order valence-corrected chi connectivity index (χ3v) is 16.3. The number of rotatable bonds is 13. The Labute approximate surface area is 501 Å². The molecule has 0 amide bonds. The first-order valence-corrected chi connectivity index (χ1v) is 29.2. The molecule has 9 aromatic heterocycles. The van der Waals surface area contributed by atoms with E-state index < -0.39 is 5.92 Å². The Balaban J connectivity index is 0.922. The first-order valence-electron chi connectivity index (χ1n) is 29.2. The van der Waals surface area contributed by atoms with Gasteiger partial charge in [-0.25, -0.2) is 29.9 Å². The standard InChI is InChI=1S/C74H54N10O3/c1-3-12-50(13-4-2)73-81-67(48-27-35-77-36-28-48)64(68(82-73)49-29-37-78-38-30-49)53-20-22-62-57(41-53)69-72(87-62)58(43-60(80-69)54-18-11-39-85-44-54)70-71-56(42-59(79-70)45-14-7-5-8-15-45)55-40-52(19-21-61(55)86-71)63-65(46-23-31-75-32-24-46)83-74(51-16-9-6-10-17-51)84-66(63)47-25-33-76-34-26-47/h3,5-17,19-40,42,44,53,58H,4,18,41,43H2,1-2H3/b12-3-,50-13+. The summed E-state index contributed by atoms with van der Waals surface area (Å²) in [4.78, 5) is 50.5. The lowest BCUT2D eigenvalue weighted by Crippen LogP contribution is -2.17. The zero-order chi connectivity index (χ0) is 58.2. The molecule has 0 fully saturated rings. The Morgan fingerprint density at radius 1 is 0.598 bits per heavy atom. The highest BCUT2D eigenvalue weighted by Crippen LogP contribution is 2.52. The van der Waals surface area contributed by atoms with Gasteiger partial charge in [-0.1, -0.05) is 98.0 Å². The number of allylic oxidation sites excluding steroid dienone is 7. The summed E-state index contributed by atoms with van der Waals surface area (Å²) in [5.41, 5.74) is 18.9. The Morgan fingerprint density at radius 3 is 1.82 bits per heavy atom. The van der Waals surface area contributed by atoms with Crippen LogP contribution in [0.5, 0.6) is 0 Å². The fourth-order valence-corrected chi connectivity index (χ4v) is 12.2. The van der Waals surface area contributed by atoms with E-state index in [-0.39, 0.29) is 5.92 Å². The van der Waals surface area contributed by atoms with Crippen molar-refractivity contribution in [1.29, 1.82) is 0 Å². The van der Waals surface area contributed by atoms with Crippen LogP contribution in [0, 0.1) is 0 Å². The van der Waals surface area contributed by atoms with Crippen molar-refractivity contribution in [2.75, 3.05) is 0 Å². The van der Waals surface area contributed by atoms with Crippen LogP contribution in [0.4, 0.5) is 5.69 Å². The van der Waals surface area contributed by atoms with Crippen molar-refractivity contribution in [3.63, 3.8) is 0 Å². The van der Waals surface area contributed by atoms with E-state index in [0.717, 1.165) is 141 Å². The van der Waals surface area contributed by atoms with Gasteiger partial charge < -0.3 is 13.6 Å². The van der Waals surface area contributed by atoms with Gasteiger partial charge >= 0.3 is 0 Å². The van der Waals surface area contributed by atoms with E-state index in [1.807, 2.05) is 147 Å². The predicted octanol–water partition coefficient (Wildman–Crippen LogP) is 17.6. The summed E-state index contributed by atoms with van der Waals surface area (Å²) >= 11 is 0. The molecule has 2 unspecified atom stereocenters. The molecule has 15 rings (SSSR count). The molecule has 418 valence electrons. The number of aliphatic imine (C=N–C) groups is 1. The van der Waals surface area contributed by atoms with E-state index in [1.54, 1.807) is 31.0 Å². The smallest absolute Gasteiger partial charge is 0.160 e. The minimum atomic E-state index is -0.434. The molecule has 3 aromatic carbocycles. The van der Waals surface area contributed by atoms with Gasteiger partial charge in [0.05, 0.1) is 52.6 Å². The van der Waals surface area contributed by atoms with Crippen molar-refractivity contribution in [3.8, 4) is 78.8 Å². The third-order valence-electron chi connectivity index (χ3n) is 16.3. The van der Waals surface area contributed by atoms with Gasteiger partial charge in [0.1, 0.15) is 22.8 Å². The molecule has 12 aromatic rings. The molecular weight excluding hydrogens is 1080 g/mol. The summed E-state index contributed by atoms with van der Waals surface area (Å²) in [5.74, 6) is 2.08. The average molecular weight is 1130 g/mol. The van der Waals surface area contributed by atoms with Gasteiger partial charge in [-0.3, -0.25) is 19.9 Å². The van der Waals surface area contributed by atoms with Gasteiger partial charge in [0, 0.05) is 140 Å². The van der Waals surface area contributed by atoms with Crippen LogP contribution in [0.1, 0.15) is 79.1 Å². The first kappa shape index (κ1) is 52.6. The minimum Gasteiger partial charge on any atom is -0.473 e. The maximum absolute atomic E-state index is 7.22. The zero-order valence-corrected chi connectivity index (χ0v) is 47.6. The van der Waals surface area contributed by atoms with E-state index in [0.29, 0.717) is 42.1 Å². The summed E-state index contributed by atoms with van der Waals surface area (Å²) < 4.78 is 20.3. The van der Waals surface area contributed by atoms with Crippen LogP contribution in [0.25, 0.3) is 112 Å². The molecular formula is C74H54N10O3. The Bertz CT molecular complexity index is 4660. The van der Waals surface area contributed by atoms with Gasteiger partial charge in [-0.2, -0.15) is 0 Å². The summed E-state index contributed by atoms with van der Waals surface area (Å²) in [5, 5.41) is 1.81. The summed E-state index contributed by atoms with van der Waals surface area (Å²) in [6.45, 7) is 4.14. The average Bonchev–Trinajstić information content (AvgIpc) is 1.74. The van der Waals surface area contributed by atoms with Crippen LogP contribution in [0.3, 0.4) is 0 Å². The SMILES string of the molecule is C/C=C\C(=C/CC)c1nc(-c2ccncc2)c(C2C=Cc3oc4c(c3C2)N=C(C2=COC=CC2)CC4c2nc(-c3ccccc3)cc3c2oc2ccc(-c4c(-c5ccncc5)nc(-c5ccccc5)nc4-c4ccncc4)cc23)c(-c2ccncc2)n1. The quantitative estimate of drug-likeness (QED) is 0.101. The number of nitrogens with zero attached hydrogens (tertiary/aromatic N) is 10. The van der Waals surface area contributed by atoms with Crippen molar-refractivity contribution in [2.24, 2.45) is 4.99 Å². The highest BCUT2D eigenvalue weighted by Gasteiger charge is 2.39. The maximum Gasteiger partial charge on any atom is 0.160 e. The molecule has 0 N–H and O–H groups in total. The van der Waals surface area contributed by atoms with E-state index in [2.05, 4.69) is 87.6 Å². The predicted molar refractivity (Wildman–Crippen MR) is 342 cm³/mol. The second kappa shape index (κ2) is 22.8. The molecule has 2 aliphatic heterocycles. The number of aromatic nitrogens is 9. The van der Waals surface area contributed by atoms with Crippen molar-refractivity contribution in [1.82, 2.24) is 44.9 Å². The van der Waals surface area contributed by atoms with Crippen LogP contribution in [-0.4, -0.2) is 50.6 Å². The Morgan fingerprint density at radius 2 is 1.22 bits per heavy atom. The van der Waals surface area contributed by atoms with Gasteiger partial charge in [0.15, 0.2) is 17.2 Å². The molecule has 3 aliphatic rings. The van der Waals surface area contributed by atoms with Gasteiger partial charge in [-0.15, -0.1) is 0 Å². The Hall–Kier alpha value is -11.2. The lowest BCUT2D eigenvalue weighted by Gasteiger charge is -2.25. The molecule has 13 nitrogen and oxygen atoms in total. The third kappa shape index (κ3) is 9.84. The van der Waals surface area contributed by atoms with E-state index in [1.165, 1.54) is 0 Å². The molecule has 0 saturated heterocycles.